The van der Waals surface area contributed by atoms with Crippen molar-refractivity contribution >= 4 is 0 Å². The summed E-state index contributed by atoms with van der Waals surface area (Å²) < 4.78 is 18.6. The minimum absolute atomic E-state index is 0.293. The topological polar surface area (TPSA) is 52.0 Å². The molecule has 0 saturated heterocycles. The average molecular weight is 220 g/mol. The van der Waals surface area contributed by atoms with E-state index in [9.17, 15) is 4.39 Å². The van der Waals surface area contributed by atoms with Crippen molar-refractivity contribution in [3.05, 3.63) is 41.4 Å². The Morgan fingerprint density at radius 1 is 1.38 bits per heavy atom. The third kappa shape index (κ3) is 2.12. The number of nitrogens with two attached hydrogens (primary N) is 1. The summed E-state index contributed by atoms with van der Waals surface area (Å²) in [6.45, 7) is 2.40. The van der Waals surface area contributed by atoms with E-state index in [0.29, 0.717) is 30.0 Å². The SMILES string of the molecule is Cc1ccc(F)c(-c2cc(CCN)on2)c1. The molecule has 1 aromatic heterocycles. The van der Waals surface area contributed by atoms with Crippen LogP contribution in [0.15, 0.2) is 28.8 Å². The molecule has 0 atom stereocenters. The van der Waals surface area contributed by atoms with Gasteiger partial charge in [0.25, 0.3) is 0 Å². The summed E-state index contributed by atoms with van der Waals surface area (Å²) in [6, 6.07) is 6.63. The second kappa shape index (κ2) is 4.45. The molecule has 16 heavy (non-hydrogen) atoms. The first-order chi connectivity index (χ1) is 7.70. The van der Waals surface area contributed by atoms with Gasteiger partial charge in [0, 0.05) is 18.1 Å². The molecule has 2 N–H and O–H groups in total. The highest BCUT2D eigenvalue weighted by Crippen LogP contribution is 2.23. The molecule has 0 saturated carbocycles. The van der Waals surface area contributed by atoms with Gasteiger partial charge in [-0.15, -0.1) is 0 Å². The van der Waals surface area contributed by atoms with E-state index in [0.717, 1.165) is 5.56 Å². The van der Waals surface area contributed by atoms with Crippen molar-refractivity contribution in [3.8, 4) is 11.3 Å². The van der Waals surface area contributed by atoms with E-state index in [1.165, 1.54) is 6.07 Å². The van der Waals surface area contributed by atoms with E-state index < -0.39 is 0 Å². The second-order valence-corrected chi connectivity index (χ2v) is 3.70. The Kier molecular flexibility index (Phi) is 3.01. The summed E-state index contributed by atoms with van der Waals surface area (Å²) >= 11 is 0. The van der Waals surface area contributed by atoms with Crippen LogP contribution in [-0.2, 0) is 6.42 Å². The van der Waals surface area contributed by atoms with E-state index in [-0.39, 0.29) is 5.82 Å². The van der Waals surface area contributed by atoms with E-state index in [1.54, 1.807) is 18.2 Å². The number of aryl methyl sites for hydroxylation is 1. The van der Waals surface area contributed by atoms with Gasteiger partial charge in [0.15, 0.2) is 0 Å². The lowest BCUT2D eigenvalue weighted by atomic mass is 10.1. The van der Waals surface area contributed by atoms with Crippen molar-refractivity contribution in [2.75, 3.05) is 6.54 Å². The first kappa shape index (κ1) is 10.8. The number of hydrogen-bond acceptors (Lipinski definition) is 3. The molecule has 84 valence electrons. The summed E-state index contributed by atoms with van der Waals surface area (Å²) in [5.41, 5.74) is 7.37. The lowest BCUT2D eigenvalue weighted by molar-refractivity contribution is 0.386. The molecular formula is C12H13FN2O. The van der Waals surface area contributed by atoms with Gasteiger partial charge < -0.3 is 10.3 Å². The molecule has 2 aromatic rings. The van der Waals surface area contributed by atoms with Gasteiger partial charge in [-0.2, -0.15) is 0 Å². The Morgan fingerprint density at radius 2 is 2.19 bits per heavy atom. The minimum atomic E-state index is -0.293. The van der Waals surface area contributed by atoms with Crippen LogP contribution >= 0.6 is 0 Å². The molecule has 1 aromatic carbocycles. The fourth-order valence-corrected chi connectivity index (χ4v) is 1.54. The summed E-state index contributed by atoms with van der Waals surface area (Å²) in [6.07, 6.45) is 0.612. The highest BCUT2D eigenvalue weighted by Gasteiger charge is 2.10. The molecule has 0 amide bonds. The lowest BCUT2D eigenvalue weighted by Gasteiger charge is -1.99. The number of halogens is 1. The Balaban J connectivity index is 2.38. The Labute approximate surface area is 93.1 Å². The molecule has 0 aliphatic heterocycles. The molecular weight excluding hydrogens is 207 g/mol. The van der Waals surface area contributed by atoms with Crippen LogP contribution in [0.3, 0.4) is 0 Å². The van der Waals surface area contributed by atoms with Gasteiger partial charge in [-0.05, 0) is 25.6 Å². The highest BCUT2D eigenvalue weighted by molar-refractivity contribution is 5.60. The van der Waals surface area contributed by atoms with Gasteiger partial charge in [0.1, 0.15) is 17.3 Å². The summed E-state index contributed by atoms with van der Waals surface area (Å²) in [4.78, 5) is 0. The quantitative estimate of drug-likeness (QED) is 0.863. The largest absolute Gasteiger partial charge is 0.361 e. The fraction of sp³-hybridized carbons (Fsp3) is 0.250. The maximum absolute atomic E-state index is 13.5. The summed E-state index contributed by atoms with van der Waals surface area (Å²) in [5.74, 6) is 0.386. The van der Waals surface area contributed by atoms with Gasteiger partial charge in [0.2, 0.25) is 0 Å². The predicted molar refractivity (Wildman–Crippen MR) is 59.4 cm³/mol. The first-order valence-electron chi connectivity index (χ1n) is 5.13. The third-order valence-electron chi connectivity index (χ3n) is 2.35. The van der Waals surface area contributed by atoms with Crippen LogP contribution in [0.5, 0.6) is 0 Å². The molecule has 0 bridgehead atoms. The molecule has 1 heterocycles. The van der Waals surface area contributed by atoms with Crippen LogP contribution < -0.4 is 5.73 Å². The van der Waals surface area contributed by atoms with Crippen LogP contribution in [0.1, 0.15) is 11.3 Å². The van der Waals surface area contributed by atoms with Crippen molar-refractivity contribution < 1.29 is 8.91 Å². The van der Waals surface area contributed by atoms with Crippen LogP contribution in [0.25, 0.3) is 11.3 Å². The minimum Gasteiger partial charge on any atom is -0.361 e. The van der Waals surface area contributed by atoms with Gasteiger partial charge in [-0.25, -0.2) is 4.39 Å². The maximum atomic E-state index is 13.5. The monoisotopic (exact) mass is 220 g/mol. The molecule has 0 spiro atoms. The molecule has 4 heteroatoms. The number of rotatable bonds is 3. The zero-order valence-electron chi connectivity index (χ0n) is 9.03. The summed E-state index contributed by atoms with van der Waals surface area (Å²) in [5, 5.41) is 3.84. The Bertz CT molecular complexity index is 494. The van der Waals surface area contributed by atoms with Crippen molar-refractivity contribution in [1.29, 1.82) is 0 Å². The standard InChI is InChI=1S/C12H13FN2O/c1-8-2-3-11(13)10(6-8)12-7-9(4-5-14)16-15-12/h2-3,6-7H,4-5,14H2,1H3. The van der Waals surface area contributed by atoms with Crippen LogP contribution in [0, 0.1) is 12.7 Å². The Morgan fingerprint density at radius 3 is 2.94 bits per heavy atom. The van der Waals surface area contributed by atoms with Gasteiger partial charge in [-0.3, -0.25) is 0 Å². The molecule has 3 nitrogen and oxygen atoms in total. The molecule has 0 unspecified atom stereocenters. The van der Waals surface area contributed by atoms with E-state index in [4.69, 9.17) is 10.3 Å². The Hall–Kier alpha value is -1.68. The molecule has 2 rings (SSSR count). The van der Waals surface area contributed by atoms with Crippen molar-refractivity contribution in [2.45, 2.75) is 13.3 Å². The van der Waals surface area contributed by atoms with Gasteiger partial charge in [0.05, 0.1) is 0 Å². The third-order valence-corrected chi connectivity index (χ3v) is 2.35. The highest BCUT2D eigenvalue weighted by atomic mass is 19.1. The fourth-order valence-electron chi connectivity index (χ4n) is 1.54. The first-order valence-corrected chi connectivity index (χ1v) is 5.13. The van der Waals surface area contributed by atoms with E-state index >= 15 is 0 Å². The summed E-state index contributed by atoms with van der Waals surface area (Å²) in [7, 11) is 0. The van der Waals surface area contributed by atoms with E-state index in [2.05, 4.69) is 5.16 Å². The predicted octanol–water partition coefficient (Wildman–Crippen LogP) is 2.29. The van der Waals surface area contributed by atoms with Crippen molar-refractivity contribution in [2.24, 2.45) is 5.73 Å². The molecule has 0 aliphatic carbocycles. The van der Waals surface area contributed by atoms with Gasteiger partial charge in [-0.1, -0.05) is 16.8 Å². The number of aromatic nitrogens is 1. The molecule has 0 fully saturated rings. The van der Waals surface area contributed by atoms with E-state index in [1.807, 2.05) is 6.92 Å². The van der Waals surface area contributed by atoms with Crippen LogP contribution in [0.2, 0.25) is 0 Å². The zero-order valence-corrected chi connectivity index (χ0v) is 9.03. The normalized spacial score (nSPS) is 10.7. The smallest absolute Gasteiger partial charge is 0.138 e. The second-order valence-electron chi connectivity index (χ2n) is 3.70. The van der Waals surface area contributed by atoms with Crippen LogP contribution in [0.4, 0.5) is 4.39 Å². The zero-order chi connectivity index (χ0) is 11.5. The van der Waals surface area contributed by atoms with Gasteiger partial charge >= 0.3 is 0 Å². The number of benzene rings is 1. The number of nitrogens with zero attached hydrogens (tertiary/aromatic N) is 1. The van der Waals surface area contributed by atoms with Crippen molar-refractivity contribution in [3.63, 3.8) is 0 Å². The van der Waals surface area contributed by atoms with Crippen LogP contribution in [-0.4, -0.2) is 11.7 Å². The maximum Gasteiger partial charge on any atom is 0.138 e. The lowest BCUT2D eigenvalue weighted by Crippen LogP contribution is -2.01. The number of hydrogen-bond donors (Lipinski definition) is 1. The molecule has 0 radical (unpaired) electrons. The molecule has 0 aliphatic rings. The van der Waals surface area contributed by atoms with Crippen molar-refractivity contribution in [1.82, 2.24) is 5.16 Å². The average Bonchev–Trinajstić information content (AvgIpc) is 2.71.